The Hall–Kier alpha value is -3.16. The third-order valence-corrected chi connectivity index (χ3v) is 6.11. The van der Waals surface area contributed by atoms with Crippen molar-refractivity contribution in [3.05, 3.63) is 109 Å². The lowest BCUT2D eigenvalue weighted by molar-refractivity contribution is 1.47. The Balaban J connectivity index is 0.000000645. The predicted octanol–water partition coefficient (Wildman–Crippen LogP) is 8.89. The van der Waals surface area contributed by atoms with Crippen LogP contribution in [0, 0.1) is 6.92 Å². The molecule has 0 atom stereocenters. The Morgan fingerprint density at radius 3 is 1.59 bits per heavy atom. The Morgan fingerprint density at radius 2 is 1.07 bits per heavy atom. The van der Waals surface area contributed by atoms with E-state index in [1.807, 2.05) is 18.3 Å². The van der Waals surface area contributed by atoms with Gasteiger partial charge in [-0.25, -0.2) is 0 Å². The summed E-state index contributed by atoms with van der Waals surface area (Å²) in [6.07, 6.45) is 1.75. The van der Waals surface area contributed by atoms with Crippen molar-refractivity contribution in [2.75, 3.05) is 0 Å². The van der Waals surface area contributed by atoms with Crippen molar-refractivity contribution < 1.29 is 0 Å². The van der Waals surface area contributed by atoms with E-state index >= 15 is 0 Å². The molecular weight excluding hydrogens is 368 g/mol. The molecule has 0 spiro atoms. The summed E-state index contributed by atoms with van der Waals surface area (Å²) in [4.78, 5) is 0. The molecule has 5 aromatic rings. The lowest BCUT2D eigenvalue weighted by Crippen LogP contribution is -1.79. The second kappa shape index (κ2) is 8.46. The van der Waals surface area contributed by atoms with Gasteiger partial charge in [-0.1, -0.05) is 78.4 Å². The van der Waals surface area contributed by atoms with E-state index in [1.54, 1.807) is 6.08 Å². The molecule has 0 aliphatic rings. The summed E-state index contributed by atoms with van der Waals surface area (Å²) in [5.74, 6) is 0. The average molecular weight is 393 g/mol. The zero-order valence-electron chi connectivity index (χ0n) is 16.9. The first kappa shape index (κ1) is 19.2. The molecule has 0 bridgehead atoms. The van der Waals surface area contributed by atoms with Gasteiger partial charge in [0.25, 0.3) is 0 Å². The van der Waals surface area contributed by atoms with Crippen LogP contribution in [0.4, 0.5) is 0 Å². The van der Waals surface area contributed by atoms with Crippen LogP contribution in [0.15, 0.2) is 104 Å². The van der Waals surface area contributed by atoms with Gasteiger partial charge in [0.05, 0.1) is 0 Å². The number of rotatable bonds is 2. The summed E-state index contributed by atoms with van der Waals surface area (Å²) in [7, 11) is 0. The van der Waals surface area contributed by atoms with Crippen molar-refractivity contribution >= 4 is 31.5 Å². The summed E-state index contributed by atoms with van der Waals surface area (Å²) in [5.41, 5.74) is 6.39. The van der Waals surface area contributed by atoms with E-state index < -0.39 is 0 Å². The largest absolute Gasteiger partial charge is 0.135 e. The van der Waals surface area contributed by atoms with Gasteiger partial charge in [0.15, 0.2) is 0 Å². The fourth-order valence-electron chi connectivity index (χ4n) is 3.51. The quantitative estimate of drug-likeness (QED) is 0.263. The molecule has 142 valence electrons. The Kier molecular flexibility index (Phi) is 5.59. The minimum Gasteiger partial charge on any atom is -0.135 e. The highest BCUT2D eigenvalue weighted by Crippen LogP contribution is 2.38. The molecule has 1 heteroatoms. The maximum atomic E-state index is 3.36. The Morgan fingerprint density at radius 1 is 0.621 bits per heavy atom. The number of benzene rings is 4. The average Bonchev–Trinajstić information content (AvgIpc) is 3.12. The molecule has 0 amide bonds. The third-order valence-electron chi connectivity index (χ3n) is 4.96. The molecule has 5 rings (SSSR count). The van der Waals surface area contributed by atoms with Crippen LogP contribution in [0.5, 0.6) is 0 Å². The maximum Gasteiger partial charge on any atom is 0.0355 e. The maximum absolute atomic E-state index is 3.36. The number of thiophene rings is 1. The molecule has 1 aromatic heterocycles. The van der Waals surface area contributed by atoms with Crippen molar-refractivity contribution in [3.8, 4) is 22.3 Å². The Bertz CT molecular complexity index is 1260. The molecule has 0 N–H and O–H groups in total. The number of hydrogen-bond acceptors (Lipinski definition) is 1. The zero-order valence-corrected chi connectivity index (χ0v) is 17.7. The topological polar surface area (TPSA) is 0 Å². The highest BCUT2D eigenvalue weighted by Gasteiger charge is 2.08. The highest BCUT2D eigenvalue weighted by molar-refractivity contribution is 7.25. The van der Waals surface area contributed by atoms with Gasteiger partial charge in [-0.3, -0.25) is 0 Å². The molecule has 0 saturated carbocycles. The van der Waals surface area contributed by atoms with Gasteiger partial charge in [-0.15, -0.1) is 17.9 Å². The summed E-state index contributed by atoms with van der Waals surface area (Å²) in [6, 6.07) is 33.0. The van der Waals surface area contributed by atoms with Crippen molar-refractivity contribution in [1.29, 1.82) is 0 Å². The van der Waals surface area contributed by atoms with Crippen LogP contribution < -0.4 is 0 Å². The van der Waals surface area contributed by atoms with Crippen LogP contribution in [-0.2, 0) is 0 Å². The first-order chi connectivity index (χ1) is 14.2. The van der Waals surface area contributed by atoms with Gasteiger partial charge in [0.1, 0.15) is 0 Å². The van der Waals surface area contributed by atoms with Crippen LogP contribution in [0.25, 0.3) is 42.4 Å². The van der Waals surface area contributed by atoms with Crippen molar-refractivity contribution in [1.82, 2.24) is 0 Å². The smallest absolute Gasteiger partial charge is 0.0355 e. The molecule has 4 aromatic carbocycles. The number of aryl methyl sites for hydroxylation is 1. The predicted molar refractivity (Wildman–Crippen MR) is 131 cm³/mol. The Labute approximate surface area is 176 Å². The highest BCUT2D eigenvalue weighted by atomic mass is 32.1. The lowest BCUT2D eigenvalue weighted by Gasteiger charge is -2.04. The standard InChI is InChI=1S/C25H18S.C3H6/c1-17-7-9-19(10-8-17)21-12-14-25-23(16-21)22-15-20(11-13-24(22)26-25)18-5-3-2-4-6-18;1-3-2/h2-16H,1H3;3H,1H2,2H3. The minimum atomic E-state index is 1.27. The second-order valence-corrected chi connectivity index (χ2v) is 8.25. The fourth-order valence-corrected chi connectivity index (χ4v) is 4.58. The molecular formula is C28H24S. The van der Waals surface area contributed by atoms with Crippen LogP contribution in [0.2, 0.25) is 0 Å². The van der Waals surface area contributed by atoms with Crippen molar-refractivity contribution in [2.24, 2.45) is 0 Å². The van der Waals surface area contributed by atoms with Crippen LogP contribution in [-0.4, -0.2) is 0 Å². The summed E-state index contributed by atoms with van der Waals surface area (Å²) in [6.45, 7) is 7.38. The van der Waals surface area contributed by atoms with Gasteiger partial charge in [0.2, 0.25) is 0 Å². The zero-order chi connectivity index (χ0) is 20.2. The molecule has 29 heavy (non-hydrogen) atoms. The van der Waals surface area contributed by atoms with Crippen molar-refractivity contribution in [2.45, 2.75) is 13.8 Å². The van der Waals surface area contributed by atoms with Gasteiger partial charge >= 0.3 is 0 Å². The minimum absolute atomic E-state index is 1.27. The first-order valence-electron chi connectivity index (χ1n) is 9.85. The summed E-state index contributed by atoms with van der Waals surface area (Å²) < 4.78 is 2.70. The molecule has 0 nitrogen and oxygen atoms in total. The fraction of sp³-hybridized carbons (Fsp3) is 0.0714. The van der Waals surface area contributed by atoms with E-state index in [-0.39, 0.29) is 0 Å². The lowest BCUT2D eigenvalue weighted by atomic mass is 10.00. The molecule has 0 radical (unpaired) electrons. The van der Waals surface area contributed by atoms with Crippen LogP contribution in [0.1, 0.15) is 12.5 Å². The first-order valence-corrected chi connectivity index (χ1v) is 10.7. The van der Waals surface area contributed by atoms with Crippen LogP contribution >= 0.6 is 11.3 Å². The molecule has 1 heterocycles. The van der Waals surface area contributed by atoms with E-state index in [2.05, 4.69) is 104 Å². The number of hydrogen-bond donors (Lipinski definition) is 0. The van der Waals surface area contributed by atoms with Gasteiger partial charge < -0.3 is 0 Å². The molecule has 0 fully saturated rings. The second-order valence-electron chi connectivity index (χ2n) is 7.16. The summed E-state index contributed by atoms with van der Waals surface area (Å²) in [5, 5.41) is 2.70. The monoisotopic (exact) mass is 392 g/mol. The third kappa shape index (κ3) is 4.01. The molecule has 0 unspecified atom stereocenters. The van der Waals surface area contributed by atoms with Gasteiger partial charge in [0, 0.05) is 20.2 Å². The number of fused-ring (bicyclic) bond motifs is 3. The number of allylic oxidation sites excluding steroid dienone is 1. The molecule has 0 aliphatic heterocycles. The van der Waals surface area contributed by atoms with E-state index in [0.29, 0.717) is 0 Å². The normalized spacial score (nSPS) is 10.6. The SMILES string of the molecule is C=CC.Cc1ccc(-c2ccc3sc4ccc(-c5ccccc5)cc4c3c2)cc1. The van der Waals surface area contributed by atoms with E-state index in [9.17, 15) is 0 Å². The van der Waals surface area contributed by atoms with E-state index in [1.165, 1.54) is 48.0 Å². The van der Waals surface area contributed by atoms with Gasteiger partial charge in [-0.05, 0) is 60.4 Å². The van der Waals surface area contributed by atoms with Crippen molar-refractivity contribution in [3.63, 3.8) is 0 Å². The van der Waals surface area contributed by atoms with E-state index in [4.69, 9.17) is 0 Å². The van der Waals surface area contributed by atoms with Gasteiger partial charge in [-0.2, -0.15) is 0 Å². The molecule has 0 aliphatic carbocycles. The molecule has 0 saturated heterocycles. The van der Waals surface area contributed by atoms with E-state index in [0.717, 1.165) is 0 Å². The van der Waals surface area contributed by atoms with Crippen LogP contribution in [0.3, 0.4) is 0 Å². The summed E-state index contributed by atoms with van der Waals surface area (Å²) >= 11 is 1.87.